The average molecular weight is 1160 g/mol. The number of rotatable bonds is 15. The summed E-state index contributed by atoms with van der Waals surface area (Å²) in [5.74, 6) is -2.36. The summed E-state index contributed by atoms with van der Waals surface area (Å²) in [6, 6.07) is 45.7. The number of carbonyl (C=O) groups is 5. The summed E-state index contributed by atoms with van der Waals surface area (Å²) in [7, 11) is 0. The van der Waals surface area contributed by atoms with Gasteiger partial charge in [-0.15, -0.1) is 11.8 Å². The first-order valence-electron chi connectivity index (χ1n) is 24.3. The van der Waals surface area contributed by atoms with Gasteiger partial charge in [-0.25, -0.2) is 9.59 Å². The standard InChI is InChI=1S/C56H51IN8O8S2/c1-55(2,57)72-54(70)63-30-29-42(33-63)64-31-28-37(49(64)67)32-38-34-74-51-44(50(68)65(51)45(38)52(69)71-46(35-18-8-3-9-19-35)36-20-10-4-11-21-36)59-48(66)43(47-60-53(58)75-62-47)61-73-56(39-22-12-5-13-23-39,40-24-14-6-15-25-40)41-26-16-7-17-27-41/h3-27,32,42,44,46,51H,28-31,33-34H2,1-2H3,(H,59,66)(H2,58,60,62)/b37-32+,61-43-/t42-,44-,51-/m1/s1. The number of esters is 1. The molecular weight excluding hydrogens is 1100 g/mol. The molecule has 0 unspecified atom stereocenters. The molecule has 0 spiro atoms. The van der Waals surface area contributed by atoms with Crippen molar-refractivity contribution in [1.82, 2.24) is 29.4 Å². The number of hydrogen-bond donors (Lipinski definition) is 2. The molecule has 0 bridgehead atoms. The molecule has 0 saturated carbocycles. The summed E-state index contributed by atoms with van der Waals surface area (Å²) in [6.45, 7) is 4.79. The number of aromatic nitrogens is 2. The topological polar surface area (TPSA) is 199 Å². The molecule has 0 aliphatic carbocycles. The summed E-state index contributed by atoms with van der Waals surface area (Å²) in [6.07, 6.45) is 1.37. The number of nitrogens with one attached hydrogen (secondary N) is 1. The first-order chi connectivity index (χ1) is 36.3. The van der Waals surface area contributed by atoms with E-state index >= 15 is 0 Å². The maximum absolute atomic E-state index is 15.0. The Hall–Kier alpha value is -7.36. The van der Waals surface area contributed by atoms with E-state index in [1.807, 2.05) is 152 Å². The fourth-order valence-electron chi connectivity index (χ4n) is 9.77. The third-order valence-electron chi connectivity index (χ3n) is 13.3. The highest BCUT2D eigenvalue weighted by atomic mass is 127. The minimum atomic E-state index is -1.38. The minimum absolute atomic E-state index is 0.0365. The molecule has 10 rings (SSSR count). The maximum Gasteiger partial charge on any atom is 0.411 e. The lowest BCUT2D eigenvalue weighted by Gasteiger charge is -2.49. The van der Waals surface area contributed by atoms with Crippen LogP contribution in [0.25, 0.3) is 0 Å². The molecule has 382 valence electrons. The zero-order valence-electron chi connectivity index (χ0n) is 40.8. The number of likely N-dealkylation sites (tertiary alicyclic amines) is 2. The largest absolute Gasteiger partial charge is 0.448 e. The van der Waals surface area contributed by atoms with Crippen molar-refractivity contribution in [2.75, 3.05) is 31.1 Å². The highest BCUT2D eigenvalue weighted by molar-refractivity contribution is 14.1. The van der Waals surface area contributed by atoms with Gasteiger partial charge >= 0.3 is 12.1 Å². The van der Waals surface area contributed by atoms with Gasteiger partial charge in [0, 0.05) is 59.2 Å². The number of anilines is 1. The van der Waals surface area contributed by atoms with Crippen LogP contribution in [0.1, 0.15) is 66.4 Å². The van der Waals surface area contributed by atoms with Gasteiger partial charge < -0.3 is 35.2 Å². The van der Waals surface area contributed by atoms with Crippen LogP contribution < -0.4 is 11.1 Å². The normalized spacial score (nSPS) is 19.5. The van der Waals surface area contributed by atoms with Gasteiger partial charge in [0.2, 0.25) is 23.0 Å². The van der Waals surface area contributed by atoms with Crippen molar-refractivity contribution in [3.63, 3.8) is 0 Å². The molecule has 3 N–H and O–H groups in total. The highest BCUT2D eigenvalue weighted by Crippen LogP contribution is 2.44. The number of thioether (sulfide) groups is 1. The minimum Gasteiger partial charge on any atom is -0.448 e. The van der Waals surface area contributed by atoms with Gasteiger partial charge in [0.15, 0.2) is 14.8 Å². The number of benzene rings is 5. The van der Waals surface area contributed by atoms with Crippen molar-refractivity contribution in [3.8, 4) is 0 Å². The summed E-state index contributed by atoms with van der Waals surface area (Å²) in [5, 5.41) is 6.74. The number of fused-ring (bicyclic) bond motifs is 1. The number of halogens is 1. The number of alkyl halides is 1. The van der Waals surface area contributed by atoms with Crippen LogP contribution >= 0.6 is 45.9 Å². The van der Waals surface area contributed by atoms with Gasteiger partial charge in [0.25, 0.3) is 11.8 Å². The number of oxime groups is 1. The van der Waals surface area contributed by atoms with Gasteiger partial charge in [0.1, 0.15) is 17.1 Å². The van der Waals surface area contributed by atoms with Crippen LogP contribution in [0.4, 0.5) is 9.93 Å². The van der Waals surface area contributed by atoms with Gasteiger partial charge in [-0.2, -0.15) is 9.36 Å². The van der Waals surface area contributed by atoms with Gasteiger partial charge in [-0.1, -0.05) is 157 Å². The number of amides is 4. The molecule has 16 nitrogen and oxygen atoms in total. The molecule has 4 aliphatic rings. The molecule has 6 aromatic rings. The molecule has 5 aromatic carbocycles. The molecule has 75 heavy (non-hydrogen) atoms. The van der Waals surface area contributed by atoms with E-state index in [1.54, 1.807) is 29.7 Å². The number of nitrogens with zero attached hydrogens (tertiary/aromatic N) is 6. The maximum atomic E-state index is 15.0. The molecule has 4 aliphatic heterocycles. The Bertz CT molecular complexity index is 3060. The van der Waals surface area contributed by atoms with E-state index in [2.05, 4.69) is 42.4 Å². The quantitative estimate of drug-likeness (QED) is 0.0146. The Morgan fingerprint density at radius 1 is 0.827 bits per heavy atom. The average Bonchev–Trinajstić information content (AvgIpc) is 4.23. The fraction of sp³-hybridized carbons (Fsp3) is 0.250. The fourth-order valence-corrected chi connectivity index (χ4v) is 11.7. The molecule has 4 amide bonds. The van der Waals surface area contributed by atoms with Crippen molar-refractivity contribution in [3.05, 3.63) is 208 Å². The van der Waals surface area contributed by atoms with E-state index in [9.17, 15) is 24.0 Å². The summed E-state index contributed by atoms with van der Waals surface area (Å²) in [4.78, 5) is 87.4. The molecular formula is C56H51IN8O8S2. The van der Waals surface area contributed by atoms with E-state index in [1.165, 1.54) is 16.7 Å². The van der Waals surface area contributed by atoms with Crippen LogP contribution in [0.15, 0.2) is 180 Å². The van der Waals surface area contributed by atoms with Crippen LogP contribution in [0.5, 0.6) is 0 Å². The van der Waals surface area contributed by atoms with Gasteiger partial charge in [-0.05, 0) is 72.1 Å². The second-order valence-corrected chi connectivity index (χ2v) is 23.1. The monoisotopic (exact) mass is 1150 g/mol. The molecule has 3 fully saturated rings. The number of ether oxygens (including phenoxy) is 2. The van der Waals surface area contributed by atoms with Crippen LogP contribution in [0, 0.1) is 0 Å². The van der Waals surface area contributed by atoms with E-state index in [4.69, 9.17) is 20.0 Å². The molecule has 0 radical (unpaired) electrons. The van der Waals surface area contributed by atoms with Gasteiger partial charge in [0.05, 0.1) is 6.04 Å². The molecule has 3 saturated heterocycles. The number of β-lactam (4-membered cyclic amide) rings is 1. The number of hydrogen-bond acceptors (Lipinski definition) is 14. The predicted octanol–water partition coefficient (Wildman–Crippen LogP) is 8.36. The number of nitrogen functional groups attached to an aromatic ring is 1. The number of nitrogens with two attached hydrogens (primary N) is 1. The number of allylic oxidation sites excluding steroid dienone is 1. The molecule has 19 heteroatoms. The van der Waals surface area contributed by atoms with Gasteiger partial charge in [-0.3, -0.25) is 19.3 Å². The third-order valence-corrected chi connectivity index (χ3v) is 15.4. The lowest BCUT2D eigenvalue weighted by Crippen LogP contribution is -2.71. The van der Waals surface area contributed by atoms with Crippen LogP contribution in [-0.2, 0) is 39.1 Å². The second kappa shape index (κ2) is 21.8. The van der Waals surface area contributed by atoms with Crippen molar-refractivity contribution in [2.24, 2.45) is 5.16 Å². The van der Waals surface area contributed by atoms with E-state index in [0.29, 0.717) is 71.4 Å². The Labute approximate surface area is 455 Å². The third kappa shape index (κ3) is 10.7. The SMILES string of the molecule is CC(C)(I)OC(=O)N1CC[C@@H](N2CC/C(=C\C3=C(C(=O)OC(c4ccccc4)c4ccccc4)N4C(=O)[C@@H](NC(=O)/C(=N\OC(c5ccccc5)(c5ccccc5)c5ccccc5)c5nsc(N)n5)[C@H]4SC3)C2=O)C1. The van der Waals surface area contributed by atoms with E-state index in [0.717, 1.165) is 11.5 Å². The Morgan fingerprint density at radius 2 is 1.39 bits per heavy atom. The Balaban J connectivity index is 0.969. The first-order valence-corrected chi connectivity index (χ1v) is 27.2. The van der Waals surface area contributed by atoms with Crippen molar-refractivity contribution in [1.29, 1.82) is 0 Å². The van der Waals surface area contributed by atoms with Crippen LogP contribution in [0.3, 0.4) is 0 Å². The smallest absolute Gasteiger partial charge is 0.411 e. The molecule has 3 atom stereocenters. The van der Waals surface area contributed by atoms with Crippen molar-refractivity contribution in [2.45, 2.75) is 59.5 Å². The zero-order valence-corrected chi connectivity index (χ0v) is 44.6. The lowest BCUT2D eigenvalue weighted by molar-refractivity contribution is -0.154. The van der Waals surface area contributed by atoms with Crippen LogP contribution in [0.2, 0.25) is 0 Å². The predicted molar refractivity (Wildman–Crippen MR) is 293 cm³/mol. The van der Waals surface area contributed by atoms with E-state index in [-0.39, 0.29) is 40.1 Å². The lowest BCUT2D eigenvalue weighted by atomic mass is 9.80. The molecule has 5 heterocycles. The van der Waals surface area contributed by atoms with Crippen LogP contribution in [-0.4, -0.2) is 106 Å². The van der Waals surface area contributed by atoms with Crippen molar-refractivity contribution < 1.29 is 38.3 Å². The summed E-state index contributed by atoms with van der Waals surface area (Å²) in [5.41, 5.74) is 8.77. The molecule has 1 aromatic heterocycles. The summed E-state index contributed by atoms with van der Waals surface area (Å²) >= 11 is 4.25. The van der Waals surface area contributed by atoms with Crippen molar-refractivity contribution >= 4 is 86.5 Å². The summed E-state index contributed by atoms with van der Waals surface area (Å²) < 4.78 is 15.7. The Morgan fingerprint density at radius 3 is 1.92 bits per heavy atom. The highest BCUT2D eigenvalue weighted by Gasteiger charge is 2.55. The first kappa shape index (κ1) is 51.1. The zero-order chi connectivity index (χ0) is 52.3. The number of carbonyl (C=O) groups excluding carboxylic acids is 5. The van der Waals surface area contributed by atoms with E-state index < -0.39 is 50.6 Å². The Kier molecular flexibility index (Phi) is 14.9. The second-order valence-electron chi connectivity index (χ2n) is 18.6.